The molecule has 2 N–H and O–H groups in total. The van der Waals surface area contributed by atoms with Gasteiger partial charge in [0.2, 0.25) is 5.95 Å². The molecule has 2 rings (SSSR count). The van der Waals surface area contributed by atoms with Gasteiger partial charge in [-0.2, -0.15) is 13.2 Å². The molecule has 1 aliphatic heterocycles. The van der Waals surface area contributed by atoms with E-state index in [2.05, 4.69) is 15.6 Å². The van der Waals surface area contributed by atoms with Crippen molar-refractivity contribution < 1.29 is 18.0 Å². The lowest BCUT2D eigenvalue weighted by Crippen LogP contribution is -2.28. The van der Waals surface area contributed by atoms with E-state index < -0.39 is 25.0 Å². The molecule has 0 fully saturated rings. The Bertz CT molecular complexity index is 417. The summed E-state index contributed by atoms with van der Waals surface area (Å²) in [7, 11) is 0. The monoisotopic (exact) mass is 262 g/mol. The SMILES string of the molecule is O=C(NCCC(F)(F)F)c1cn2c(n1)NCCC2. The number of carbonyl (C=O) groups is 1. The summed E-state index contributed by atoms with van der Waals surface area (Å²) in [6.45, 7) is 1.11. The number of hydrogen-bond donors (Lipinski definition) is 2. The van der Waals surface area contributed by atoms with Gasteiger partial charge in [-0.1, -0.05) is 0 Å². The van der Waals surface area contributed by atoms with Crippen molar-refractivity contribution in [2.24, 2.45) is 0 Å². The molecule has 0 saturated carbocycles. The molecular formula is C10H13F3N4O. The highest BCUT2D eigenvalue weighted by Gasteiger charge is 2.27. The van der Waals surface area contributed by atoms with Crippen molar-refractivity contribution >= 4 is 11.9 Å². The van der Waals surface area contributed by atoms with E-state index in [0.717, 1.165) is 19.5 Å². The zero-order valence-corrected chi connectivity index (χ0v) is 9.55. The Balaban J connectivity index is 1.91. The first-order chi connectivity index (χ1) is 8.46. The molecule has 1 aromatic rings. The lowest BCUT2D eigenvalue weighted by molar-refractivity contribution is -0.132. The van der Waals surface area contributed by atoms with Crippen LogP contribution in [0.1, 0.15) is 23.3 Å². The maximum Gasteiger partial charge on any atom is 0.390 e. The lowest BCUT2D eigenvalue weighted by atomic mass is 10.3. The van der Waals surface area contributed by atoms with Crippen molar-refractivity contribution in [1.29, 1.82) is 0 Å². The Kier molecular flexibility index (Phi) is 3.44. The van der Waals surface area contributed by atoms with Gasteiger partial charge in [0.1, 0.15) is 5.69 Å². The predicted octanol–water partition coefficient (Wildman–Crippen LogP) is 1.38. The Labute approximate surface area is 101 Å². The van der Waals surface area contributed by atoms with Crippen molar-refractivity contribution in [3.05, 3.63) is 11.9 Å². The summed E-state index contributed by atoms with van der Waals surface area (Å²) in [6, 6.07) is 0. The van der Waals surface area contributed by atoms with Gasteiger partial charge >= 0.3 is 6.18 Å². The predicted molar refractivity (Wildman–Crippen MR) is 58.3 cm³/mol. The third kappa shape index (κ3) is 3.14. The van der Waals surface area contributed by atoms with Gasteiger partial charge in [-0.3, -0.25) is 4.79 Å². The number of imidazole rings is 1. The van der Waals surface area contributed by atoms with Crippen molar-refractivity contribution in [3.8, 4) is 0 Å². The second-order valence-corrected chi connectivity index (χ2v) is 4.04. The minimum absolute atomic E-state index is 0.140. The van der Waals surface area contributed by atoms with Crippen LogP contribution in [0.3, 0.4) is 0 Å². The van der Waals surface area contributed by atoms with Gasteiger partial charge in [-0.15, -0.1) is 0 Å². The number of hydrogen-bond acceptors (Lipinski definition) is 3. The molecule has 0 radical (unpaired) electrons. The molecule has 0 spiro atoms. The number of rotatable bonds is 3. The number of anilines is 1. The first-order valence-corrected chi connectivity index (χ1v) is 5.62. The number of alkyl halides is 3. The van der Waals surface area contributed by atoms with Gasteiger partial charge in [0.25, 0.3) is 5.91 Å². The average Bonchev–Trinajstić information content (AvgIpc) is 2.70. The van der Waals surface area contributed by atoms with Crippen molar-refractivity contribution in [2.75, 3.05) is 18.4 Å². The van der Waals surface area contributed by atoms with Crippen LogP contribution in [0.4, 0.5) is 19.1 Å². The molecule has 0 saturated heterocycles. The number of amides is 1. The maximum absolute atomic E-state index is 11.9. The fraction of sp³-hybridized carbons (Fsp3) is 0.600. The number of nitrogens with one attached hydrogen (secondary N) is 2. The van der Waals surface area contributed by atoms with Gasteiger partial charge in [-0.05, 0) is 6.42 Å². The zero-order chi connectivity index (χ0) is 13.2. The van der Waals surface area contributed by atoms with Crippen molar-refractivity contribution in [3.63, 3.8) is 0 Å². The van der Waals surface area contributed by atoms with Gasteiger partial charge in [0.05, 0.1) is 6.42 Å². The van der Waals surface area contributed by atoms with E-state index in [1.807, 2.05) is 0 Å². The first-order valence-electron chi connectivity index (χ1n) is 5.62. The fourth-order valence-electron chi connectivity index (χ4n) is 1.69. The van der Waals surface area contributed by atoms with Crippen LogP contribution >= 0.6 is 0 Å². The highest BCUT2D eigenvalue weighted by Crippen LogP contribution is 2.18. The number of fused-ring (bicyclic) bond motifs is 1. The van der Waals surface area contributed by atoms with Crippen LogP contribution in [0.25, 0.3) is 0 Å². The maximum atomic E-state index is 11.9. The fourth-order valence-corrected chi connectivity index (χ4v) is 1.69. The molecule has 8 heteroatoms. The molecule has 1 amide bonds. The van der Waals surface area contributed by atoms with Gasteiger partial charge in [0.15, 0.2) is 0 Å². The van der Waals surface area contributed by atoms with Crippen LogP contribution in [-0.4, -0.2) is 34.7 Å². The summed E-state index contributed by atoms with van der Waals surface area (Å²) < 4.78 is 37.5. The highest BCUT2D eigenvalue weighted by atomic mass is 19.4. The molecule has 18 heavy (non-hydrogen) atoms. The number of nitrogens with zero attached hydrogens (tertiary/aromatic N) is 2. The Morgan fingerprint density at radius 3 is 3.00 bits per heavy atom. The van der Waals surface area contributed by atoms with E-state index in [1.165, 1.54) is 0 Å². The molecule has 1 aromatic heterocycles. The van der Waals surface area contributed by atoms with Gasteiger partial charge < -0.3 is 15.2 Å². The van der Waals surface area contributed by atoms with Crippen LogP contribution in [0.2, 0.25) is 0 Å². The molecule has 0 aliphatic carbocycles. The van der Waals surface area contributed by atoms with Crippen LogP contribution in [0, 0.1) is 0 Å². The van der Waals surface area contributed by atoms with E-state index >= 15 is 0 Å². The Hall–Kier alpha value is -1.73. The largest absolute Gasteiger partial charge is 0.390 e. The third-order valence-corrected chi connectivity index (χ3v) is 2.56. The van der Waals surface area contributed by atoms with E-state index in [9.17, 15) is 18.0 Å². The van der Waals surface area contributed by atoms with Crippen molar-refractivity contribution in [1.82, 2.24) is 14.9 Å². The summed E-state index contributed by atoms with van der Waals surface area (Å²) in [5.41, 5.74) is 0.140. The molecule has 2 heterocycles. The van der Waals surface area contributed by atoms with Gasteiger partial charge in [0, 0.05) is 25.8 Å². The molecule has 0 aromatic carbocycles. The number of aromatic nitrogens is 2. The van der Waals surface area contributed by atoms with E-state index in [0.29, 0.717) is 5.95 Å². The first kappa shape index (κ1) is 12.7. The van der Waals surface area contributed by atoms with E-state index in [4.69, 9.17) is 0 Å². The number of aryl methyl sites for hydroxylation is 1. The minimum Gasteiger partial charge on any atom is -0.356 e. The Morgan fingerprint density at radius 1 is 1.56 bits per heavy atom. The van der Waals surface area contributed by atoms with Crippen molar-refractivity contribution in [2.45, 2.75) is 25.6 Å². The second-order valence-electron chi connectivity index (χ2n) is 4.04. The quantitative estimate of drug-likeness (QED) is 0.865. The van der Waals surface area contributed by atoms with Crippen LogP contribution < -0.4 is 10.6 Å². The molecule has 0 atom stereocenters. The van der Waals surface area contributed by atoms with Crippen LogP contribution in [0.5, 0.6) is 0 Å². The summed E-state index contributed by atoms with van der Waals surface area (Å²) >= 11 is 0. The normalized spacial score (nSPS) is 14.8. The molecule has 0 bridgehead atoms. The number of carbonyl (C=O) groups excluding carboxylic acids is 1. The molecule has 5 nitrogen and oxygen atoms in total. The highest BCUT2D eigenvalue weighted by molar-refractivity contribution is 5.92. The summed E-state index contributed by atoms with van der Waals surface area (Å²) in [4.78, 5) is 15.6. The number of halogens is 3. The molecular weight excluding hydrogens is 249 g/mol. The standard InChI is InChI=1S/C10H13F3N4O/c11-10(12,13)2-4-14-8(18)7-6-17-5-1-3-15-9(17)16-7/h6H,1-5H2,(H,14,18)(H,15,16). The average molecular weight is 262 g/mol. The van der Waals surface area contributed by atoms with Gasteiger partial charge in [-0.25, -0.2) is 4.98 Å². The minimum atomic E-state index is -4.26. The Morgan fingerprint density at radius 2 is 2.33 bits per heavy atom. The van der Waals surface area contributed by atoms with E-state index in [1.54, 1.807) is 10.8 Å². The third-order valence-electron chi connectivity index (χ3n) is 2.56. The second kappa shape index (κ2) is 4.87. The molecule has 1 aliphatic rings. The summed E-state index contributed by atoms with van der Waals surface area (Å²) in [5, 5.41) is 5.21. The van der Waals surface area contributed by atoms with E-state index in [-0.39, 0.29) is 5.69 Å². The van der Waals surface area contributed by atoms with Crippen LogP contribution in [-0.2, 0) is 6.54 Å². The summed E-state index contributed by atoms with van der Waals surface area (Å²) in [6.07, 6.45) is -2.82. The summed E-state index contributed by atoms with van der Waals surface area (Å²) in [5.74, 6) is 0.00479. The molecule has 100 valence electrons. The lowest BCUT2D eigenvalue weighted by Gasteiger charge is -2.14. The van der Waals surface area contributed by atoms with Crippen LogP contribution in [0.15, 0.2) is 6.20 Å². The topological polar surface area (TPSA) is 59.0 Å². The smallest absolute Gasteiger partial charge is 0.356 e. The molecule has 0 unspecified atom stereocenters. The zero-order valence-electron chi connectivity index (χ0n) is 9.55.